The molecule has 0 radical (unpaired) electrons. The molecule has 1 heterocycles. The molecular weight excluding hydrogens is 254 g/mol. The van der Waals surface area contributed by atoms with Gasteiger partial charge in [0.05, 0.1) is 5.52 Å². The summed E-state index contributed by atoms with van der Waals surface area (Å²) in [7, 11) is 0. The van der Waals surface area contributed by atoms with Gasteiger partial charge in [-0.2, -0.15) is 0 Å². The largest absolute Gasteiger partial charge is 0.252 e. The first-order valence-electron chi connectivity index (χ1n) is 7.25. The number of hydrogen-bond donors (Lipinski definition) is 0. The summed E-state index contributed by atoms with van der Waals surface area (Å²) in [5, 5.41) is 9.08. The highest BCUT2D eigenvalue weighted by atomic mass is 14.7. The second-order valence-corrected chi connectivity index (χ2v) is 5.76. The summed E-state index contributed by atoms with van der Waals surface area (Å²) in [5.41, 5.74) is 2.18. The first-order valence-corrected chi connectivity index (χ1v) is 7.25. The third-order valence-electron chi connectivity index (χ3n) is 4.44. The molecule has 0 aliphatic rings. The van der Waals surface area contributed by atoms with Crippen molar-refractivity contribution in [2.45, 2.75) is 6.92 Å². The van der Waals surface area contributed by atoms with Gasteiger partial charge in [-0.05, 0) is 46.0 Å². The van der Waals surface area contributed by atoms with Gasteiger partial charge in [0.25, 0.3) is 0 Å². The molecule has 0 spiro atoms. The van der Waals surface area contributed by atoms with Crippen LogP contribution in [0.1, 0.15) is 5.69 Å². The first kappa shape index (κ1) is 11.0. The number of benzene rings is 4. The maximum Gasteiger partial charge on any atom is 0.0784 e. The second kappa shape index (κ2) is 3.70. The Kier molecular flexibility index (Phi) is 1.95. The molecule has 98 valence electrons. The Hall–Kier alpha value is -2.67. The summed E-state index contributed by atoms with van der Waals surface area (Å²) in [6.45, 7) is 2.05. The van der Waals surface area contributed by atoms with Gasteiger partial charge in [-0.15, -0.1) is 0 Å². The SMILES string of the molecule is Cc1ccc2cc3ccc4cccc5ccc(c2n1)c3c45. The second-order valence-electron chi connectivity index (χ2n) is 5.76. The van der Waals surface area contributed by atoms with Gasteiger partial charge < -0.3 is 0 Å². The van der Waals surface area contributed by atoms with Gasteiger partial charge in [0, 0.05) is 16.5 Å². The summed E-state index contributed by atoms with van der Waals surface area (Å²) in [6, 6.07) is 21.9. The van der Waals surface area contributed by atoms with Crippen molar-refractivity contribution in [1.29, 1.82) is 0 Å². The van der Waals surface area contributed by atoms with E-state index in [2.05, 4.69) is 67.6 Å². The molecule has 21 heavy (non-hydrogen) atoms. The normalized spacial score (nSPS) is 12.0. The number of pyridine rings is 1. The molecule has 0 N–H and O–H groups in total. The number of hydrogen-bond acceptors (Lipinski definition) is 1. The molecule has 5 aromatic rings. The van der Waals surface area contributed by atoms with Crippen LogP contribution in [0, 0.1) is 6.92 Å². The Bertz CT molecular complexity index is 1120. The molecule has 0 aliphatic carbocycles. The van der Waals surface area contributed by atoms with E-state index in [4.69, 9.17) is 4.98 Å². The molecule has 4 aromatic carbocycles. The van der Waals surface area contributed by atoms with Crippen LogP contribution in [0.3, 0.4) is 0 Å². The molecule has 5 rings (SSSR count). The Morgan fingerprint density at radius 1 is 0.667 bits per heavy atom. The van der Waals surface area contributed by atoms with E-state index < -0.39 is 0 Å². The van der Waals surface area contributed by atoms with E-state index in [1.807, 2.05) is 0 Å². The van der Waals surface area contributed by atoms with Crippen molar-refractivity contribution in [3.05, 3.63) is 66.4 Å². The highest BCUT2D eigenvalue weighted by Gasteiger charge is 2.11. The minimum absolute atomic E-state index is 1.07. The van der Waals surface area contributed by atoms with Crippen LogP contribution in [0.2, 0.25) is 0 Å². The van der Waals surface area contributed by atoms with Gasteiger partial charge in [-0.3, -0.25) is 4.98 Å². The predicted octanol–water partition coefficient (Wildman–Crippen LogP) is 5.44. The minimum atomic E-state index is 1.07. The average Bonchev–Trinajstić information content (AvgIpc) is 2.52. The van der Waals surface area contributed by atoms with Crippen molar-refractivity contribution in [3.8, 4) is 0 Å². The van der Waals surface area contributed by atoms with E-state index in [-0.39, 0.29) is 0 Å². The standard InChI is InChI=1S/C20H13N/c1-12-5-6-16-11-15-8-7-13-3-2-4-14-9-10-17(20(16)21-12)19(15)18(13)14/h2-11H,1H3. The summed E-state index contributed by atoms with van der Waals surface area (Å²) < 4.78 is 0. The maximum atomic E-state index is 4.78. The van der Waals surface area contributed by atoms with Crippen molar-refractivity contribution in [2.24, 2.45) is 0 Å². The molecule has 1 aromatic heterocycles. The third-order valence-corrected chi connectivity index (χ3v) is 4.44. The van der Waals surface area contributed by atoms with Gasteiger partial charge in [0.2, 0.25) is 0 Å². The average molecular weight is 267 g/mol. The van der Waals surface area contributed by atoms with E-state index in [0.717, 1.165) is 11.2 Å². The number of fused-ring (bicyclic) bond motifs is 2. The lowest BCUT2D eigenvalue weighted by Gasteiger charge is -2.12. The molecular formula is C20H13N. The summed E-state index contributed by atoms with van der Waals surface area (Å²) in [6.07, 6.45) is 0. The highest BCUT2D eigenvalue weighted by molar-refractivity contribution is 6.28. The number of aromatic nitrogens is 1. The molecule has 0 saturated heterocycles. The number of nitrogens with zero attached hydrogens (tertiary/aromatic N) is 1. The fourth-order valence-electron chi connectivity index (χ4n) is 3.49. The topological polar surface area (TPSA) is 12.9 Å². The fourth-order valence-corrected chi connectivity index (χ4v) is 3.49. The fraction of sp³-hybridized carbons (Fsp3) is 0.0500. The zero-order valence-corrected chi connectivity index (χ0v) is 11.7. The molecule has 1 nitrogen and oxygen atoms in total. The van der Waals surface area contributed by atoms with Gasteiger partial charge in [-0.1, -0.05) is 48.5 Å². The summed E-state index contributed by atoms with van der Waals surface area (Å²) in [4.78, 5) is 4.78. The minimum Gasteiger partial charge on any atom is -0.252 e. The lowest BCUT2D eigenvalue weighted by Crippen LogP contribution is -1.88. The Labute approximate surface area is 122 Å². The lowest BCUT2D eigenvalue weighted by atomic mass is 9.92. The first-order chi connectivity index (χ1) is 10.3. The van der Waals surface area contributed by atoms with Crippen LogP contribution in [-0.4, -0.2) is 4.98 Å². The molecule has 0 bridgehead atoms. The molecule has 0 amide bonds. The van der Waals surface area contributed by atoms with Crippen LogP contribution in [-0.2, 0) is 0 Å². The molecule has 0 atom stereocenters. The van der Waals surface area contributed by atoms with Crippen molar-refractivity contribution in [1.82, 2.24) is 4.98 Å². The number of rotatable bonds is 0. The Morgan fingerprint density at radius 2 is 1.38 bits per heavy atom. The van der Waals surface area contributed by atoms with Crippen LogP contribution >= 0.6 is 0 Å². The summed E-state index contributed by atoms with van der Waals surface area (Å²) >= 11 is 0. The zero-order valence-electron chi connectivity index (χ0n) is 11.7. The van der Waals surface area contributed by atoms with Crippen LogP contribution < -0.4 is 0 Å². The van der Waals surface area contributed by atoms with Crippen LogP contribution in [0.15, 0.2) is 60.7 Å². The third kappa shape index (κ3) is 1.38. The van der Waals surface area contributed by atoms with Crippen molar-refractivity contribution in [3.63, 3.8) is 0 Å². The quantitative estimate of drug-likeness (QED) is 0.269. The van der Waals surface area contributed by atoms with Crippen LogP contribution in [0.5, 0.6) is 0 Å². The predicted molar refractivity (Wildman–Crippen MR) is 90.2 cm³/mol. The Balaban J connectivity index is 2.19. The van der Waals surface area contributed by atoms with E-state index in [0.29, 0.717) is 0 Å². The van der Waals surface area contributed by atoms with Gasteiger partial charge in [0.15, 0.2) is 0 Å². The molecule has 0 aliphatic heterocycles. The van der Waals surface area contributed by atoms with Crippen LogP contribution in [0.4, 0.5) is 0 Å². The monoisotopic (exact) mass is 267 g/mol. The highest BCUT2D eigenvalue weighted by Crippen LogP contribution is 2.37. The van der Waals surface area contributed by atoms with E-state index in [9.17, 15) is 0 Å². The Morgan fingerprint density at radius 3 is 2.24 bits per heavy atom. The van der Waals surface area contributed by atoms with Crippen LogP contribution in [0.25, 0.3) is 43.2 Å². The maximum absolute atomic E-state index is 4.78. The van der Waals surface area contributed by atoms with E-state index in [1.165, 1.54) is 37.7 Å². The number of aryl methyl sites for hydroxylation is 1. The summed E-state index contributed by atoms with van der Waals surface area (Å²) in [5.74, 6) is 0. The van der Waals surface area contributed by atoms with Crippen molar-refractivity contribution < 1.29 is 0 Å². The molecule has 0 saturated carbocycles. The van der Waals surface area contributed by atoms with Gasteiger partial charge in [-0.25, -0.2) is 0 Å². The molecule has 0 fully saturated rings. The molecule has 0 unspecified atom stereocenters. The molecule has 1 heteroatoms. The van der Waals surface area contributed by atoms with E-state index in [1.54, 1.807) is 0 Å². The van der Waals surface area contributed by atoms with Crippen molar-refractivity contribution in [2.75, 3.05) is 0 Å². The lowest BCUT2D eigenvalue weighted by molar-refractivity contribution is 1.26. The van der Waals surface area contributed by atoms with E-state index >= 15 is 0 Å². The van der Waals surface area contributed by atoms with Gasteiger partial charge >= 0.3 is 0 Å². The van der Waals surface area contributed by atoms with Crippen molar-refractivity contribution >= 4 is 43.2 Å². The smallest absolute Gasteiger partial charge is 0.0784 e. The zero-order chi connectivity index (χ0) is 14.0. The van der Waals surface area contributed by atoms with Gasteiger partial charge in [0.1, 0.15) is 0 Å².